The van der Waals surface area contributed by atoms with Crippen molar-refractivity contribution >= 4 is 35.1 Å². The zero-order valence-electron chi connectivity index (χ0n) is 20.3. The number of amides is 3. The Kier molecular flexibility index (Phi) is 6.49. The molecule has 37 heavy (non-hydrogen) atoms. The quantitative estimate of drug-likeness (QED) is 0.252. The van der Waals surface area contributed by atoms with E-state index in [9.17, 15) is 29.3 Å². The average molecular weight is 506 g/mol. The summed E-state index contributed by atoms with van der Waals surface area (Å²) in [5.74, 6) is -2.59. The fraction of sp³-hybridized carbons (Fsp3) is 0.407. The minimum Gasteiger partial charge on any atom is -0.454 e. The summed E-state index contributed by atoms with van der Waals surface area (Å²) in [6.45, 7) is 0.916. The topological polar surface area (TPSA) is 136 Å². The Hall–Kier alpha value is -4.08. The molecule has 10 nitrogen and oxygen atoms in total. The lowest BCUT2D eigenvalue weighted by Crippen LogP contribution is -2.48. The molecule has 192 valence electrons. The van der Waals surface area contributed by atoms with Gasteiger partial charge in [-0.15, -0.1) is 0 Å². The van der Waals surface area contributed by atoms with Crippen molar-refractivity contribution in [1.82, 2.24) is 4.90 Å². The van der Waals surface area contributed by atoms with Crippen LogP contribution in [0.15, 0.2) is 48.5 Å². The van der Waals surface area contributed by atoms with Gasteiger partial charge in [0.25, 0.3) is 11.6 Å². The number of hydrogen-bond acceptors (Lipinski definition) is 7. The first-order valence-electron chi connectivity index (χ1n) is 12.4. The Morgan fingerprint density at radius 3 is 2.35 bits per heavy atom. The highest BCUT2D eigenvalue weighted by Gasteiger charge is 2.62. The SMILES string of the molecule is Cc1ccc(NC(=O)COC(=O)[C@@H](Cc2ccccc2)N2C(=O)[C@@H]3[C@H]4CC[C@@H](C4)[C@@H]3C2=O)cc1[N+](=O)[O-]. The van der Waals surface area contributed by atoms with Crippen LogP contribution in [0.1, 0.15) is 30.4 Å². The van der Waals surface area contributed by atoms with Crippen LogP contribution >= 0.6 is 0 Å². The number of nitro benzene ring substituents is 1. The van der Waals surface area contributed by atoms with Crippen molar-refractivity contribution in [1.29, 1.82) is 0 Å². The lowest BCUT2D eigenvalue weighted by Gasteiger charge is -2.26. The van der Waals surface area contributed by atoms with E-state index in [1.807, 2.05) is 6.07 Å². The van der Waals surface area contributed by atoms with E-state index >= 15 is 0 Å². The van der Waals surface area contributed by atoms with E-state index in [0.717, 1.165) is 29.7 Å². The molecule has 1 aliphatic heterocycles. The zero-order chi connectivity index (χ0) is 26.3. The van der Waals surface area contributed by atoms with Crippen molar-refractivity contribution in [3.05, 3.63) is 69.8 Å². The number of benzene rings is 2. The van der Waals surface area contributed by atoms with Crippen LogP contribution in [0.2, 0.25) is 0 Å². The summed E-state index contributed by atoms with van der Waals surface area (Å²) in [5.41, 5.74) is 1.23. The second-order valence-corrected chi connectivity index (χ2v) is 10.1. The van der Waals surface area contributed by atoms with Crippen LogP contribution in [0.4, 0.5) is 11.4 Å². The van der Waals surface area contributed by atoms with Crippen molar-refractivity contribution in [3.8, 4) is 0 Å². The minimum absolute atomic E-state index is 0.0811. The predicted molar refractivity (Wildman–Crippen MR) is 131 cm³/mol. The van der Waals surface area contributed by atoms with Crippen molar-refractivity contribution in [2.45, 2.75) is 38.6 Å². The Bertz CT molecular complexity index is 1250. The van der Waals surface area contributed by atoms with Crippen LogP contribution in [-0.2, 0) is 30.3 Å². The number of ether oxygens (including phenoxy) is 1. The number of likely N-dealkylation sites (tertiary alicyclic amines) is 1. The summed E-state index contributed by atoms with van der Waals surface area (Å²) in [6, 6.07) is 12.1. The van der Waals surface area contributed by atoms with Gasteiger partial charge in [-0.05, 0) is 49.7 Å². The van der Waals surface area contributed by atoms with E-state index in [1.54, 1.807) is 31.2 Å². The molecule has 2 saturated carbocycles. The van der Waals surface area contributed by atoms with E-state index < -0.39 is 29.4 Å². The van der Waals surface area contributed by atoms with Crippen LogP contribution in [0.25, 0.3) is 0 Å². The van der Waals surface area contributed by atoms with Crippen molar-refractivity contribution in [2.24, 2.45) is 23.7 Å². The first-order chi connectivity index (χ1) is 17.7. The zero-order valence-corrected chi connectivity index (χ0v) is 20.3. The molecular weight excluding hydrogens is 478 g/mol. The third kappa shape index (κ3) is 4.59. The van der Waals surface area contributed by atoms with E-state index in [4.69, 9.17) is 4.74 Å². The highest BCUT2D eigenvalue weighted by molar-refractivity contribution is 6.08. The van der Waals surface area contributed by atoms with Gasteiger partial charge < -0.3 is 10.1 Å². The summed E-state index contributed by atoms with van der Waals surface area (Å²) in [5, 5.41) is 13.6. The van der Waals surface area contributed by atoms with Crippen LogP contribution < -0.4 is 5.32 Å². The first kappa shape index (κ1) is 24.6. The van der Waals surface area contributed by atoms with Gasteiger partial charge in [0.05, 0.1) is 16.8 Å². The number of nitro groups is 1. The minimum atomic E-state index is -1.18. The van der Waals surface area contributed by atoms with E-state index in [-0.39, 0.29) is 53.3 Å². The highest BCUT2D eigenvalue weighted by Crippen LogP contribution is 2.56. The molecular formula is C27H27N3O7. The molecule has 3 fully saturated rings. The Morgan fingerprint density at radius 2 is 1.73 bits per heavy atom. The summed E-state index contributed by atoms with van der Waals surface area (Å²) < 4.78 is 5.28. The number of esters is 1. The fourth-order valence-electron chi connectivity index (χ4n) is 6.17. The van der Waals surface area contributed by atoms with Crippen LogP contribution in [0.3, 0.4) is 0 Å². The molecule has 5 atom stereocenters. The number of nitrogens with zero attached hydrogens (tertiary/aromatic N) is 2. The molecule has 2 aromatic carbocycles. The predicted octanol–water partition coefficient (Wildman–Crippen LogP) is 3.03. The standard InChI is InChI=1S/C27H27N3O7/c1-15-7-10-19(13-20(15)30(35)36)28-22(31)14-37-27(34)21(11-16-5-3-2-4-6-16)29-25(32)23-17-8-9-18(12-17)24(23)26(29)33/h2-7,10,13,17-18,21,23-24H,8-9,11-12,14H2,1H3,(H,28,31)/t17-,18-,21+,23-,24+/m0/s1. The normalized spacial score (nSPS) is 24.6. The van der Waals surface area contributed by atoms with E-state index in [1.165, 1.54) is 18.2 Å². The molecule has 5 rings (SSSR count). The van der Waals surface area contributed by atoms with Crippen LogP contribution in [0, 0.1) is 40.7 Å². The van der Waals surface area contributed by atoms with Crippen molar-refractivity contribution < 1.29 is 28.8 Å². The molecule has 3 aliphatic rings. The maximum Gasteiger partial charge on any atom is 0.330 e. The van der Waals surface area contributed by atoms with Gasteiger partial charge in [0.1, 0.15) is 6.04 Å². The molecule has 3 amide bonds. The molecule has 1 heterocycles. The first-order valence-corrected chi connectivity index (χ1v) is 12.4. The second kappa shape index (κ2) is 9.76. The molecule has 0 spiro atoms. The molecule has 1 saturated heterocycles. The Morgan fingerprint density at radius 1 is 1.08 bits per heavy atom. The molecule has 2 aromatic rings. The Balaban J connectivity index is 1.30. The van der Waals surface area contributed by atoms with Gasteiger partial charge in [0.2, 0.25) is 11.8 Å². The van der Waals surface area contributed by atoms with Gasteiger partial charge >= 0.3 is 5.97 Å². The lowest BCUT2D eigenvalue weighted by atomic mass is 9.81. The second-order valence-electron chi connectivity index (χ2n) is 10.1. The maximum atomic E-state index is 13.4. The number of imide groups is 1. The van der Waals surface area contributed by atoms with Gasteiger partial charge in [-0.3, -0.25) is 29.4 Å². The van der Waals surface area contributed by atoms with Gasteiger partial charge in [-0.1, -0.05) is 36.4 Å². The fourth-order valence-corrected chi connectivity index (χ4v) is 6.17. The number of hydrogen-bond donors (Lipinski definition) is 1. The Labute approximate surface area is 213 Å². The van der Waals surface area contributed by atoms with Gasteiger partial charge in [0.15, 0.2) is 6.61 Å². The number of aryl methyl sites for hydroxylation is 1. The summed E-state index contributed by atoms with van der Waals surface area (Å²) in [4.78, 5) is 64.1. The van der Waals surface area contributed by atoms with Gasteiger partial charge in [0, 0.05) is 23.7 Å². The number of carbonyl (C=O) groups is 4. The summed E-state index contributed by atoms with van der Waals surface area (Å²) in [7, 11) is 0. The van der Waals surface area contributed by atoms with Gasteiger partial charge in [-0.2, -0.15) is 0 Å². The average Bonchev–Trinajstić information content (AvgIpc) is 3.56. The number of anilines is 1. The molecule has 10 heteroatoms. The molecule has 2 bridgehead atoms. The lowest BCUT2D eigenvalue weighted by molar-refractivity contribution is -0.385. The molecule has 0 unspecified atom stereocenters. The third-order valence-electron chi connectivity index (χ3n) is 7.85. The summed E-state index contributed by atoms with van der Waals surface area (Å²) >= 11 is 0. The number of fused-ring (bicyclic) bond motifs is 5. The molecule has 1 N–H and O–H groups in total. The smallest absolute Gasteiger partial charge is 0.330 e. The number of rotatable bonds is 8. The molecule has 2 aliphatic carbocycles. The monoisotopic (exact) mass is 505 g/mol. The van der Waals surface area contributed by atoms with Crippen LogP contribution in [0.5, 0.6) is 0 Å². The largest absolute Gasteiger partial charge is 0.454 e. The molecule has 0 aromatic heterocycles. The van der Waals surface area contributed by atoms with Gasteiger partial charge in [-0.25, -0.2) is 4.79 Å². The van der Waals surface area contributed by atoms with Crippen molar-refractivity contribution in [2.75, 3.05) is 11.9 Å². The number of nitrogens with one attached hydrogen (secondary N) is 1. The summed E-state index contributed by atoms with van der Waals surface area (Å²) in [6.07, 6.45) is 2.80. The van der Waals surface area contributed by atoms with Crippen molar-refractivity contribution in [3.63, 3.8) is 0 Å². The van der Waals surface area contributed by atoms with Crippen LogP contribution in [-0.4, -0.2) is 46.2 Å². The maximum absolute atomic E-state index is 13.4. The third-order valence-corrected chi connectivity index (χ3v) is 7.85. The van der Waals surface area contributed by atoms with E-state index in [2.05, 4.69) is 5.32 Å². The number of carbonyl (C=O) groups excluding carboxylic acids is 4. The highest BCUT2D eigenvalue weighted by atomic mass is 16.6. The molecule has 0 radical (unpaired) electrons. The van der Waals surface area contributed by atoms with E-state index in [0.29, 0.717) is 5.56 Å².